The summed E-state index contributed by atoms with van der Waals surface area (Å²) in [4.78, 5) is 6.80. The highest BCUT2D eigenvalue weighted by Gasteiger charge is 2.18. The molecule has 1 aliphatic rings. The fraction of sp³-hybridized carbons (Fsp3) is 0.533. The van der Waals surface area contributed by atoms with Gasteiger partial charge >= 0.3 is 0 Å². The number of aromatic nitrogens is 1. The van der Waals surface area contributed by atoms with Crippen LogP contribution in [0.15, 0.2) is 16.5 Å². The number of nitrogens with zero attached hydrogens (tertiary/aromatic N) is 2. The number of piperazine rings is 1. The predicted molar refractivity (Wildman–Crippen MR) is 82.6 cm³/mol. The third-order valence-electron chi connectivity index (χ3n) is 3.54. The van der Waals surface area contributed by atoms with E-state index in [1.807, 2.05) is 12.1 Å². The van der Waals surface area contributed by atoms with E-state index in [1.165, 1.54) is 0 Å². The summed E-state index contributed by atoms with van der Waals surface area (Å²) in [6, 6.07) is 4.60. The number of fused-ring (bicyclic) bond motifs is 1. The van der Waals surface area contributed by atoms with E-state index < -0.39 is 0 Å². The molecule has 1 aromatic heterocycles. The zero-order valence-electron chi connectivity index (χ0n) is 11.9. The van der Waals surface area contributed by atoms with Crippen molar-refractivity contribution in [3.63, 3.8) is 0 Å². The molecule has 0 amide bonds. The van der Waals surface area contributed by atoms with Gasteiger partial charge in [0.15, 0.2) is 5.58 Å². The second-order valence-corrected chi connectivity index (χ2v) is 6.18. The summed E-state index contributed by atoms with van der Waals surface area (Å²) in [7, 11) is 0. The van der Waals surface area contributed by atoms with Crippen LogP contribution in [0.5, 0.6) is 0 Å². The molecular weight excluding hydrogens is 274 g/mol. The van der Waals surface area contributed by atoms with Gasteiger partial charge in [0, 0.05) is 31.2 Å². The van der Waals surface area contributed by atoms with Crippen molar-refractivity contribution < 1.29 is 4.42 Å². The number of hydrogen-bond donors (Lipinski definition) is 1. The maximum absolute atomic E-state index is 6.20. The van der Waals surface area contributed by atoms with Gasteiger partial charge in [-0.3, -0.25) is 0 Å². The lowest BCUT2D eigenvalue weighted by Crippen LogP contribution is -2.43. The van der Waals surface area contributed by atoms with Crippen molar-refractivity contribution in [1.82, 2.24) is 10.3 Å². The molecule has 1 N–H and O–H groups in total. The second kappa shape index (κ2) is 5.62. The van der Waals surface area contributed by atoms with Crippen LogP contribution in [0.4, 0.5) is 6.01 Å². The van der Waals surface area contributed by atoms with Crippen LogP contribution >= 0.6 is 11.6 Å². The van der Waals surface area contributed by atoms with E-state index in [9.17, 15) is 0 Å². The van der Waals surface area contributed by atoms with Gasteiger partial charge < -0.3 is 14.6 Å². The highest BCUT2D eigenvalue weighted by Crippen LogP contribution is 2.29. The molecule has 3 rings (SSSR count). The highest BCUT2D eigenvalue weighted by molar-refractivity contribution is 6.31. The van der Waals surface area contributed by atoms with E-state index in [0.29, 0.717) is 11.9 Å². The van der Waals surface area contributed by atoms with Gasteiger partial charge in [0.25, 0.3) is 6.01 Å². The van der Waals surface area contributed by atoms with Crippen LogP contribution in [0.2, 0.25) is 5.02 Å². The molecule has 0 aliphatic carbocycles. The molecule has 5 heteroatoms. The van der Waals surface area contributed by atoms with Crippen LogP contribution < -0.4 is 10.2 Å². The molecule has 2 aromatic rings. The molecule has 108 valence electrons. The molecule has 1 aromatic carbocycles. The number of nitrogens with one attached hydrogen (secondary N) is 1. The molecular formula is C15H20ClN3O. The summed E-state index contributed by atoms with van der Waals surface area (Å²) in [6.07, 6.45) is 0.952. The van der Waals surface area contributed by atoms with Gasteiger partial charge in [-0.15, -0.1) is 0 Å². The summed E-state index contributed by atoms with van der Waals surface area (Å²) in [6.45, 7) is 8.19. The Bertz CT molecular complexity index is 602. The van der Waals surface area contributed by atoms with Crippen molar-refractivity contribution in [2.24, 2.45) is 5.92 Å². The molecule has 0 radical (unpaired) electrons. The fourth-order valence-electron chi connectivity index (χ4n) is 2.64. The molecule has 0 spiro atoms. The third-order valence-corrected chi connectivity index (χ3v) is 3.75. The monoisotopic (exact) mass is 293 g/mol. The summed E-state index contributed by atoms with van der Waals surface area (Å²) < 4.78 is 6.02. The first-order valence-corrected chi connectivity index (χ1v) is 7.56. The Hall–Kier alpha value is -1.26. The highest BCUT2D eigenvalue weighted by atomic mass is 35.5. The van der Waals surface area contributed by atoms with E-state index in [4.69, 9.17) is 16.0 Å². The molecule has 0 unspecified atom stereocenters. The van der Waals surface area contributed by atoms with Crippen LogP contribution in [0.1, 0.15) is 19.4 Å². The maximum atomic E-state index is 6.20. The Kier molecular flexibility index (Phi) is 3.85. The standard InChI is InChI=1S/C15H20ClN3O/c1-10(2)7-11-8-12(16)9-13-14(11)20-15(18-13)19-5-3-17-4-6-19/h8-10,17H,3-7H2,1-2H3. The van der Waals surface area contributed by atoms with Crippen LogP contribution in [-0.4, -0.2) is 31.2 Å². The Balaban J connectivity index is 2.00. The van der Waals surface area contributed by atoms with Crippen LogP contribution in [-0.2, 0) is 6.42 Å². The predicted octanol–water partition coefficient (Wildman–Crippen LogP) is 3.09. The maximum Gasteiger partial charge on any atom is 0.298 e. The Morgan fingerprint density at radius 1 is 1.35 bits per heavy atom. The van der Waals surface area contributed by atoms with Crippen LogP contribution in [0, 0.1) is 5.92 Å². The number of oxazole rings is 1. The van der Waals surface area contributed by atoms with E-state index in [0.717, 1.165) is 54.3 Å². The minimum Gasteiger partial charge on any atom is -0.423 e. The van der Waals surface area contributed by atoms with E-state index >= 15 is 0 Å². The topological polar surface area (TPSA) is 41.3 Å². The lowest BCUT2D eigenvalue weighted by molar-refractivity contribution is 0.514. The molecule has 0 bridgehead atoms. The van der Waals surface area contributed by atoms with Gasteiger partial charge in [-0.05, 0) is 30.0 Å². The second-order valence-electron chi connectivity index (χ2n) is 5.74. The van der Waals surface area contributed by atoms with Gasteiger partial charge in [0.1, 0.15) is 5.52 Å². The van der Waals surface area contributed by atoms with Crippen molar-refractivity contribution >= 4 is 28.7 Å². The zero-order valence-corrected chi connectivity index (χ0v) is 12.7. The largest absolute Gasteiger partial charge is 0.423 e. The lowest BCUT2D eigenvalue weighted by atomic mass is 10.0. The normalized spacial score (nSPS) is 16.3. The molecule has 4 nitrogen and oxygen atoms in total. The molecule has 1 aliphatic heterocycles. The van der Waals surface area contributed by atoms with Crippen molar-refractivity contribution in [1.29, 1.82) is 0 Å². The number of halogens is 1. The molecule has 1 fully saturated rings. The lowest BCUT2D eigenvalue weighted by Gasteiger charge is -2.25. The van der Waals surface area contributed by atoms with E-state index in [1.54, 1.807) is 0 Å². The zero-order chi connectivity index (χ0) is 14.1. The van der Waals surface area contributed by atoms with Crippen molar-refractivity contribution in [2.75, 3.05) is 31.1 Å². The SMILES string of the molecule is CC(C)Cc1cc(Cl)cc2nc(N3CCNCC3)oc12. The van der Waals surface area contributed by atoms with Crippen LogP contribution in [0.25, 0.3) is 11.1 Å². The summed E-state index contributed by atoms with van der Waals surface area (Å²) in [5, 5.41) is 4.06. The number of rotatable bonds is 3. The summed E-state index contributed by atoms with van der Waals surface area (Å²) in [5.74, 6) is 0.560. The first kappa shape index (κ1) is 13.7. The number of benzene rings is 1. The molecule has 1 saturated heterocycles. The average Bonchev–Trinajstić information content (AvgIpc) is 2.83. The van der Waals surface area contributed by atoms with Crippen LogP contribution in [0.3, 0.4) is 0 Å². The van der Waals surface area contributed by atoms with Crippen molar-refractivity contribution in [2.45, 2.75) is 20.3 Å². The smallest absolute Gasteiger partial charge is 0.298 e. The summed E-state index contributed by atoms with van der Waals surface area (Å²) in [5.41, 5.74) is 2.90. The van der Waals surface area contributed by atoms with Gasteiger partial charge in [-0.25, -0.2) is 0 Å². The van der Waals surface area contributed by atoms with Crippen molar-refractivity contribution in [3.05, 3.63) is 22.7 Å². The Morgan fingerprint density at radius 3 is 2.80 bits per heavy atom. The molecule has 0 atom stereocenters. The minimum absolute atomic E-state index is 0.560. The van der Waals surface area contributed by atoms with Gasteiger partial charge in [0.05, 0.1) is 0 Å². The number of hydrogen-bond acceptors (Lipinski definition) is 4. The minimum atomic E-state index is 0.560. The fourth-order valence-corrected chi connectivity index (χ4v) is 2.87. The van der Waals surface area contributed by atoms with E-state index in [-0.39, 0.29) is 0 Å². The molecule has 20 heavy (non-hydrogen) atoms. The quantitative estimate of drug-likeness (QED) is 0.944. The van der Waals surface area contributed by atoms with Gasteiger partial charge in [-0.1, -0.05) is 25.4 Å². The molecule has 2 heterocycles. The Labute approximate surface area is 124 Å². The van der Waals surface area contributed by atoms with Gasteiger partial charge in [0.2, 0.25) is 0 Å². The average molecular weight is 294 g/mol. The first-order valence-electron chi connectivity index (χ1n) is 7.18. The third kappa shape index (κ3) is 2.76. The number of anilines is 1. The van der Waals surface area contributed by atoms with E-state index in [2.05, 4.69) is 29.0 Å². The van der Waals surface area contributed by atoms with Gasteiger partial charge in [-0.2, -0.15) is 4.98 Å². The summed E-state index contributed by atoms with van der Waals surface area (Å²) >= 11 is 6.20. The van der Waals surface area contributed by atoms with Crippen molar-refractivity contribution in [3.8, 4) is 0 Å². The molecule has 0 saturated carbocycles. The Morgan fingerprint density at radius 2 is 2.10 bits per heavy atom. The first-order chi connectivity index (χ1) is 9.63.